The lowest BCUT2D eigenvalue weighted by molar-refractivity contribution is 0.402. The van der Waals surface area contributed by atoms with Crippen molar-refractivity contribution in [1.82, 2.24) is 35.2 Å². The van der Waals surface area contributed by atoms with E-state index in [1.54, 1.807) is 13.3 Å². The summed E-state index contributed by atoms with van der Waals surface area (Å²) in [6.45, 7) is 0. The number of aromatic amines is 1. The SMILES string of the molecule is COc1cccc(OC2=CCC(c3cnc4c(-c5nn[nH]n5)cnn4c3C3CCCCC3)C=C2)c1. The van der Waals surface area contributed by atoms with Gasteiger partial charge in [-0.15, -0.1) is 10.2 Å². The number of benzene rings is 1. The highest BCUT2D eigenvalue weighted by atomic mass is 16.5. The van der Waals surface area contributed by atoms with Crippen LogP contribution in [0.5, 0.6) is 11.5 Å². The van der Waals surface area contributed by atoms with E-state index in [9.17, 15) is 0 Å². The number of rotatable bonds is 6. The van der Waals surface area contributed by atoms with Gasteiger partial charge < -0.3 is 9.47 Å². The lowest BCUT2D eigenvalue weighted by atomic mass is 9.81. The van der Waals surface area contributed by atoms with Crippen LogP contribution in [0.25, 0.3) is 17.0 Å². The fourth-order valence-electron chi connectivity index (χ4n) is 5.17. The fourth-order valence-corrected chi connectivity index (χ4v) is 5.17. The number of fused-ring (bicyclic) bond motifs is 1. The van der Waals surface area contributed by atoms with Crippen molar-refractivity contribution in [3.8, 4) is 22.9 Å². The Morgan fingerprint density at radius 2 is 1.97 bits per heavy atom. The van der Waals surface area contributed by atoms with Crippen molar-refractivity contribution in [2.75, 3.05) is 7.11 Å². The molecule has 0 aliphatic heterocycles. The molecule has 0 saturated heterocycles. The molecule has 178 valence electrons. The van der Waals surface area contributed by atoms with Gasteiger partial charge in [-0.05, 0) is 54.3 Å². The van der Waals surface area contributed by atoms with Crippen LogP contribution in [-0.2, 0) is 0 Å². The largest absolute Gasteiger partial charge is 0.497 e. The molecule has 9 nitrogen and oxygen atoms in total. The molecule has 9 heteroatoms. The first-order chi connectivity index (χ1) is 17.3. The van der Waals surface area contributed by atoms with Crippen molar-refractivity contribution < 1.29 is 9.47 Å². The Kier molecular flexibility index (Phi) is 5.73. The average Bonchev–Trinajstić information content (AvgIpc) is 3.59. The number of methoxy groups -OCH3 is 1. The van der Waals surface area contributed by atoms with Crippen LogP contribution in [0, 0.1) is 0 Å². The fraction of sp³-hybridized carbons (Fsp3) is 0.346. The van der Waals surface area contributed by atoms with Gasteiger partial charge in [-0.25, -0.2) is 9.50 Å². The number of allylic oxidation sites excluding steroid dienone is 3. The third-order valence-corrected chi connectivity index (χ3v) is 6.91. The van der Waals surface area contributed by atoms with Gasteiger partial charge in [0.1, 0.15) is 17.3 Å². The normalized spacial score (nSPS) is 18.5. The highest BCUT2D eigenvalue weighted by molar-refractivity contribution is 5.72. The van der Waals surface area contributed by atoms with Gasteiger partial charge >= 0.3 is 0 Å². The minimum absolute atomic E-state index is 0.208. The molecular formula is C26H27N7O2. The molecule has 1 atom stereocenters. The Bertz CT molecular complexity index is 1380. The minimum atomic E-state index is 0.208. The van der Waals surface area contributed by atoms with E-state index in [1.807, 2.05) is 35.0 Å². The number of hydrogen-bond acceptors (Lipinski definition) is 7. The summed E-state index contributed by atoms with van der Waals surface area (Å²) in [6, 6.07) is 7.65. The molecule has 4 aromatic rings. The van der Waals surface area contributed by atoms with E-state index >= 15 is 0 Å². The molecule has 1 unspecified atom stereocenters. The third-order valence-electron chi connectivity index (χ3n) is 6.91. The topological polar surface area (TPSA) is 103 Å². The van der Waals surface area contributed by atoms with E-state index in [1.165, 1.54) is 43.4 Å². The van der Waals surface area contributed by atoms with Crippen LogP contribution in [0.3, 0.4) is 0 Å². The van der Waals surface area contributed by atoms with E-state index in [4.69, 9.17) is 19.6 Å². The molecule has 1 aromatic carbocycles. The zero-order chi connectivity index (χ0) is 23.6. The van der Waals surface area contributed by atoms with Gasteiger partial charge in [0.05, 0.1) is 24.6 Å². The van der Waals surface area contributed by atoms with Crippen LogP contribution >= 0.6 is 0 Å². The summed E-state index contributed by atoms with van der Waals surface area (Å²) in [7, 11) is 1.66. The number of ether oxygens (including phenoxy) is 2. The van der Waals surface area contributed by atoms with Crippen molar-refractivity contribution in [2.24, 2.45) is 0 Å². The van der Waals surface area contributed by atoms with Crippen LogP contribution in [0.15, 0.2) is 60.6 Å². The molecule has 1 fully saturated rings. The van der Waals surface area contributed by atoms with Crippen LogP contribution in [0.1, 0.15) is 61.6 Å². The summed E-state index contributed by atoms with van der Waals surface area (Å²) < 4.78 is 13.4. The van der Waals surface area contributed by atoms with Crippen molar-refractivity contribution >= 4 is 5.65 Å². The summed E-state index contributed by atoms with van der Waals surface area (Å²) in [4.78, 5) is 4.81. The summed E-state index contributed by atoms with van der Waals surface area (Å²) in [5.41, 5.74) is 4.04. The third kappa shape index (κ3) is 4.18. The quantitative estimate of drug-likeness (QED) is 0.425. The maximum Gasteiger partial charge on any atom is 0.210 e. The first-order valence-corrected chi connectivity index (χ1v) is 12.1. The van der Waals surface area contributed by atoms with E-state index in [0.717, 1.165) is 34.9 Å². The van der Waals surface area contributed by atoms with Gasteiger partial charge in [0.15, 0.2) is 5.65 Å². The van der Waals surface area contributed by atoms with Crippen LogP contribution in [-0.4, -0.2) is 42.3 Å². The molecular weight excluding hydrogens is 442 g/mol. The molecule has 3 aromatic heterocycles. The zero-order valence-electron chi connectivity index (χ0n) is 19.6. The van der Waals surface area contributed by atoms with Crippen LogP contribution in [0.2, 0.25) is 0 Å². The van der Waals surface area contributed by atoms with Crippen molar-refractivity contribution in [3.05, 3.63) is 71.9 Å². The number of aromatic nitrogens is 7. The van der Waals surface area contributed by atoms with Gasteiger partial charge in [-0.1, -0.05) is 31.4 Å². The van der Waals surface area contributed by atoms with Crippen LogP contribution in [0.4, 0.5) is 0 Å². The molecule has 0 spiro atoms. The second kappa shape index (κ2) is 9.32. The average molecular weight is 470 g/mol. The highest BCUT2D eigenvalue weighted by Gasteiger charge is 2.27. The van der Waals surface area contributed by atoms with Crippen molar-refractivity contribution in [1.29, 1.82) is 0 Å². The molecule has 2 aliphatic rings. The Labute approximate surface area is 202 Å². The zero-order valence-corrected chi connectivity index (χ0v) is 19.6. The molecule has 6 rings (SSSR count). The lowest BCUT2D eigenvalue weighted by Crippen LogP contribution is -2.16. The maximum atomic E-state index is 6.08. The van der Waals surface area contributed by atoms with Gasteiger partial charge in [0.2, 0.25) is 5.82 Å². The molecule has 0 bridgehead atoms. The van der Waals surface area contributed by atoms with E-state index in [-0.39, 0.29) is 5.92 Å². The molecule has 1 saturated carbocycles. The van der Waals surface area contributed by atoms with E-state index in [2.05, 4.69) is 38.9 Å². The summed E-state index contributed by atoms with van der Waals surface area (Å²) >= 11 is 0. The number of nitrogens with one attached hydrogen (secondary N) is 1. The monoisotopic (exact) mass is 469 g/mol. The minimum Gasteiger partial charge on any atom is -0.497 e. The number of nitrogens with zero attached hydrogens (tertiary/aromatic N) is 6. The molecule has 35 heavy (non-hydrogen) atoms. The standard InChI is InChI=1S/C26H27N7O2/c1-34-20-8-5-9-21(14-20)35-19-12-10-17(11-13-19)22-15-27-26-23(25-29-31-32-30-25)16-28-33(26)24(22)18-6-3-2-4-7-18/h5,8-10,12-18H,2-4,6-7,11H2,1H3,(H,29,30,31,32). The maximum absolute atomic E-state index is 6.08. The molecule has 3 heterocycles. The van der Waals surface area contributed by atoms with Gasteiger partial charge in [-0.2, -0.15) is 10.3 Å². The predicted octanol–water partition coefficient (Wildman–Crippen LogP) is 4.97. The molecule has 0 radical (unpaired) electrons. The Morgan fingerprint density at radius 3 is 2.74 bits per heavy atom. The van der Waals surface area contributed by atoms with E-state index < -0.39 is 0 Å². The molecule has 1 N–H and O–H groups in total. The van der Waals surface area contributed by atoms with Crippen molar-refractivity contribution in [3.63, 3.8) is 0 Å². The highest BCUT2D eigenvalue weighted by Crippen LogP contribution is 2.39. The van der Waals surface area contributed by atoms with Gasteiger partial charge in [-0.3, -0.25) is 0 Å². The summed E-state index contributed by atoms with van der Waals surface area (Å²) in [5, 5.41) is 19.2. The Morgan fingerprint density at radius 1 is 1.09 bits per heavy atom. The number of H-pyrrole nitrogens is 1. The molecule has 0 amide bonds. The first-order valence-electron chi connectivity index (χ1n) is 12.1. The predicted molar refractivity (Wildman–Crippen MR) is 130 cm³/mol. The second-order valence-corrected chi connectivity index (χ2v) is 9.05. The van der Waals surface area contributed by atoms with Gasteiger partial charge in [0.25, 0.3) is 0 Å². The lowest BCUT2D eigenvalue weighted by Gasteiger charge is -2.27. The Balaban J connectivity index is 1.32. The summed E-state index contributed by atoms with van der Waals surface area (Å²) in [5.74, 6) is 3.54. The van der Waals surface area contributed by atoms with Gasteiger partial charge in [0, 0.05) is 24.1 Å². The van der Waals surface area contributed by atoms with E-state index in [0.29, 0.717) is 11.7 Å². The molecule has 2 aliphatic carbocycles. The second-order valence-electron chi connectivity index (χ2n) is 9.05. The smallest absolute Gasteiger partial charge is 0.210 e. The Hall–Kier alpha value is -4.01. The van der Waals surface area contributed by atoms with Crippen molar-refractivity contribution in [2.45, 2.75) is 50.4 Å². The van der Waals surface area contributed by atoms with Crippen LogP contribution < -0.4 is 9.47 Å². The number of hydrogen-bond donors (Lipinski definition) is 1. The summed E-state index contributed by atoms with van der Waals surface area (Å²) in [6.07, 6.45) is 17.2. The number of tetrazole rings is 1. The first kappa shape index (κ1) is 21.5.